The monoisotopic (exact) mass is 401 g/mol. The van der Waals surface area contributed by atoms with E-state index in [9.17, 15) is 14.4 Å². The molecule has 0 aliphatic heterocycles. The molecule has 2 aromatic rings. The van der Waals surface area contributed by atoms with Crippen LogP contribution in [0.25, 0.3) is 0 Å². The topological polar surface area (TPSA) is 110 Å². The molecule has 2 rings (SSSR count). The second-order valence-corrected chi connectivity index (χ2v) is 6.55. The lowest BCUT2D eigenvalue weighted by Gasteiger charge is -2.14. The number of hydrazine groups is 1. The Kier molecular flexibility index (Phi) is 8.75. The Morgan fingerprint density at radius 3 is 2.41 bits per heavy atom. The summed E-state index contributed by atoms with van der Waals surface area (Å²) in [4.78, 5) is 36.1. The summed E-state index contributed by atoms with van der Waals surface area (Å²) >= 11 is 0. The summed E-state index contributed by atoms with van der Waals surface area (Å²) in [7, 11) is 0. The van der Waals surface area contributed by atoms with Gasteiger partial charge < -0.3 is 14.5 Å². The van der Waals surface area contributed by atoms with Crippen LogP contribution in [0.1, 0.15) is 60.4 Å². The van der Waals surface area contributed by atoms with E-state index in [1.807, 2.05) is 0 Å². The molecule has 3 N–H and O–H groups in total. The van der Waals surface area contributed by atoms with Gasteiger partial charge in [-0.25, -0.2) is 0 Å². The summed E-state index contributed by atoms with van der Waals surface area (Å²) in [6.45, 7) is 4.29. The van der Waals surface area contributed by atoms with Crippen molar-refractivity contribution >= 4 is 17.7 Å². The van der Waals surface area contributed by atoms with E-state index in [2.05, 4.69) is 23.1 Å². The first kappa shape index (κ1) is 22.0. The molecule has 0 saturated carbocycles. The minimum atomic E-state index is -0.864. The van der Waals surface area contributed by atoms with Crippen molar-refractivity contribution in [3.05, 3.63) is 54.0 Å². The molecular formula is C21H27N3O5. The fourth-order valence-electron chi connectivity index (χ4n) is 2.46. The van der Waals surface area contributed by atoms with Gasteiger partial charge in [0.05, 0.1) is 12.9 Å². The number of hydrogen-bond acceptors (Lipinski definition) is 5. The van der Waals surface area contributed by atoms with Crippen LogP contribution in [0.2, 0.25) is 0 Å². The number of benzene rings is 1. The van der Waals surface area contributed by atoms with Gasteiger partial charge in [0.15, 0.2) is 5.76 Å². The van der Waals surface area contributed by atoms with E-state index in [0.29, 0.717) is 17.9 Å². The fourth-order valence-corrected chi connectivity index (χ4v) is 2.46. The highest BCUT2D eigenvalue weighted by Crippen LogP contribution is 2.13. The zero-order valence-electron chi connectivity index (χ0n) is 16.7. The number of ether oxygens (including phenoxy) is 1. The quantitative estimate of drug-likeness (QED) is 0.419. The molecule has 156 valence electrons. The number of hydrogen-bond donors (Lipinski definition) is 3. The second kappa shape index (κ2) is 11.5. The molecule has 0 aliphatic rings. The van der Waals surface area contributed by atoms with Gasteiger partial charge in [0.1, 0.15) is 11.8 Å². The molecule has 0 unspecified atom stereocenters. The predicted octanol–water partition coefficient (Wildman–Crippen LogP) is 2.82. The third-order valence-corrected chi connectivity index (χ3v) is 4.17. The van der Waals surface area contributed by atoms with Crippen LogP contribution >= 0.6 is 0 Å². The Balaban J connectivity index is 1.73. The third kappa shape index (κ3) is 7.33. The Bertz CT molecular complexity index is 787. The maximum atomic E-state index is 12.2. The summed E-state index contributed by atoms with van der Waals surface area (Å²) in [5, 5.41) is 2.47. The van der Waals surface area contributed by atoms with Gasteiger partial charge in [-0.3, -0.25) is 25.2 Å². The van der Waals surface area contributed by atoms with Crippen LogP contribution in [0.3, 0.4) is 0 Å². The standard InChI is InChI=1S/C21H27N3O5/c1-3-4-5-6-13-28-17-11-9-16(10-12-17)20(26)24-23-19(25)15(2)22-21(27)18-8-7-14-29-18/h7-12,14-15H,3-6,13H2,1-2H3,(H,22,27)(H,23,25)(H,24,26)/t15-/m0/s1. The van der Waals surface area contributed by atoms with E-state index in [4.69, 9.17) is 9.15 Å². The van der Waals surface area contributed by atoms with Crippen molar-refractivity contribution in [2.75, 3.05) is 6.61 Å². The first-order valence-corrected chi connectivity index (χ1v) is 9.68. The number of furan rings is 1. The van der Waals surface area contributed by atoms with Gasteiger partial charge in [-0.2, -0.15) is 0 Å². The number of carbonyl (C=O) groups is 3. The lowest BCUT2D eigenvalue weighted by molar-refractivity contribution is -0.123. The van der Waals surface area contributed by atoms with Crippen LogP contribution in [-0.2, 0) is 4.79 Å². The van der Waals surface area contributed by atoms with Crippen LogP contribution in [-0.4, -0.2) is 30.4 Å². The van der Waals surface area contributed by atoms with Gasteiger partial charge in [0.25, 0.3) is 17.7 Å². The highest BCUT2D eigenvalue weighted by atomic mass is 16.5. The molecule has 0 bridgehead atoms. The van der Waals surface area contributed by atoms with Crippen molar-refractivity contribution in [1.29, 1.82) is 0 Å². The van der Waals surface area contributed by atoms with Crippen molar-refractivity contribution in [1.82, 2.24) is 16.2 Å². The van der Waals surface area contributed by atoms with Crippen LogP contribution < -0.4 is 20.9 Å². The molecule has 0 spiro atoms. The van der Waals surface area contributed by atoms with E-state index in [1.165, 1.54) is 32.1 Å². The van der Waals surface area contributed by atoms with Crippen molar-refractivity contribution in [2.24, 2.45) is 0 Å². The smallest absolute Gasteiger partial charge is 0.287 e. The lowest BCUT2D eigenvalue weighted by atomic mass is 10.2. The van der Waals surface area contributed by atoms with E-state index in [0.717, 1.165) is 12.8 Å². The normalized spacial score (nSPS) is 11.4. The summed E-state index contributed by atoms with van der Waals surface area (Å²) in [5.41, 5.74) is 4.98. The largest absolute Gasteiger partial charge is 0.494 e. The van der Waals surface area contributed by atoms with E-state index >= 15 is 0 Å². The Morgan fingerprint density at radius 2 is 1.76 bits per heavy atom. The average molecular weight is 401 g/mol. The number of rotatable bonds is 10. The minimum absolute atomic E-state index is 0.0985. The van der Waals surface area contributed by atoms with Gasteiger partial charge in [0, 0.05) is 5.56 Å². The van der Waals surface area contributed by atoms with Crippen molar-refractivity contribution in [3.63, 3.8) is 0 Å². The summed E-state index contributed by atoms with van der Waals surface area (Å²) in [5.74, 6) is -0.769. The van der Waals surface area contributed by atoms with Crippen LogP contribution in [0.4, 0.5) is 0 Å². The van der Waals surface area contributed by atoms with Crippen molar-refractivity contribution < 1.29 is 23.5 Å². The highest BCUT2D eigenvalue weighted by molar-refractivity contribution is 5.97. The molecule has 8 nitrogen and oxygen atoms in total. The van der Waals surface area contributed by atoms with Crippen molar-refractivity contribution in [3.8, 4) is 5.75 Å². The van der Waals surface area contributed by atoms with E-state index in [1.54, 1.807) is 30.3 Å². The first-order valence-electron chi connectivity index (χ1n) is 9.68. The molecule has 1 aromatic heterocycles. The molecule has 1 aromatic carbocycles. The van der Waals surface area contributed by atoms with Crippen LogP contribution in [0, 0.1) is 0 Å². The van der Waals surface area contributed by atoms with Crippen molar-refractivity contribution in [2.45, 2.75) is 45.6 Å². The Hall–Kier alpha value is -3.29. The minimum Gasteiger partial charge on any atom is -0.494 e. The molecule has 1 heterocycles. The molecule has 0 fully saturated rings. The summed E-state index contributed by atoms with van der Waals surface area (Å²) in [6.07, 6.45) is 5.87. The zero-order chi connectivity index (χ0) is 21.1. The fraction of sp³-hybridized carbons (Fsp3) is 0.381. The molecule has 0 saturated heterocycles. The molecule has 0 aliphatic carbocycles. The van der Waals surface area contributed by atoms with Gasteiger partial charge in [-0.05, 0) is 49.7 Å². The predicted molar refractivity (Wildman–Crippen MR) is 107 cm³/mol. The molecule has 1 atom stereocenters. The van der Waals surface area contributed by atoms with Crippen LogP contribution in [0.5, 0.6) is 5.75 Å². The van der Waals surface area contributed by atoms with Gasteiger partial charge in [-0.15, -0.1) is 0 Å². The highest BCUT2D eigenvalue weighted by Gasteiger charge is 2.18. The summed E-state index contributed by atoms with van der Waals surface area (Å²) in [6, 6.07) is 8.85. The number of amides is 3. The zero-order valence-corrected chi connectivity index (χ0v) is 16.7. The Morgan fingerprint density at radius 1 is 1.00 bits per heavy atom. The number of nitrogens with one attached hydrogen (secondary N) is 3. The first-order chi connectivity index (χ1) is 14.0. The number of carbonyl (C=O) groups excluding carboxylic acids is 3. The SMILES string of the molecule is CCCCCCOc1ccc(C(=O)NNC(=O)[C@H](C)NC(=O)c2ccco2)cc1. The second-order valence-electron chi connectivity index (χ2n) is 6.55. The maximum absolute atomic E-state index is 12.2. The molecule has 29 heavy (non-hydrogen) atoms. The molecular weight excluding hydrogens is 374 g/mol. The Labute approximate surface area is 170 Å². The number of unbranched alkanes of at least 4 members (excludes halogenated alkanes) is 3. The third-order valence-electron chi connectivity index (χ3n) is 4.17. The maximum Gasteiger partial charge on any atom is 0.287 e. The van der Waals surface area contributed by atoms with Crippen LogP contribution in [0.15, 0.2) is 47.1 Å². The molecule has 3 amide bonds. The molecule has 8 heteroatoms. The molecule has 0 radical (unpaired) electrons. The van der Waals surface area contributed by atoms with Gasteiger partial charge in [-0.1, -0.05) is 26.2 Å². The van der Waals surface area contributed by atoms with Gasteiger partial charge in [0.2, 0.25) is 0 Å². The van der Waals surface area contributed by atoms with E-state index < -0.39 is 23.8 Å². The lowest BCUT2D eigenvalue weighted by Crippen LogP contribution is -2.51. The van der Waals surface area contributed by atoms with E-state index in [-0.39, 0.29) is 5.76 Å². The summed E-state index contributed by atoms with van der Waals surface area (Å²) < 4.78 is 10.6. The average Bonchev–Trinajstić information content (AvgIpc) is 3.27. The van der Waals surface area contributed by atoms with Gasteiger partial charge >= 0.3 is 0 Å².